The van der Waals surface area contributed by atoms with Gasteiger partial charge >= 0.3 is 5.97 Å². The minimum Gasteiger partial charge on any atom is -0.487 e. The molecule has 0 aromatic heterocycles. The molecule has 0 fully saturated rings. The number of aromatic carboxylic acids is 1. The molecule has 0 bridgehead atoms. The van der Waals surface area contributed by atoms with Crippen LogP contribution in [0.4, 0.5) is 8.78 Å². The van der Waals surface area contributed by atoms with E-state index in [1.165, 1.54) is 24.3 Å². The fraction of sp³-hybridized carbons (Fsp3) is 0.208. The first-order chi connectivity index (χ1) is 14.4. The Hall–Kier alpha value is -3.25. The van der Waals surface area contributed by atoms with Gasteiger partial charge in [-0.1, -0.05) is 60.7 Å². The molecule has 30 heavy (non-hydrogen) atoms. The van der Waals surface area contributed by atoms with Crippen molar-refractivity contribution in [2.24, 2.45) is 0 Å². The maximum atomic E-state index is 14.7. The largest absolute Gasteiger partial charge is 0.487 e. The van der Waals surface area contributed by atoms with E-state index in [2.05, 4.69) is 0 Å². The zero-order valence-corrected chi connectivity index (χ0v) is 16.4. The van der Waals surface area contributed by atoms with Crippen molar-refractivity contribution in [2.75, 3.05) is 13.2 Å². The quantitative estimate of drug-likeness (QED) is 0.504. The molecule has 3 aromatic rings. The van der Waals surface area contributed by atoms with Gasteiger partial charge in [-0.25, -0.2) is 13.6 Å². The Kier molecular flexibility index (Phi) is 7.14. The second-order valence-electron chi connectivity index (χ2n) is 7.09. The van der Waals surface area contributed by atoms with Crippen LogP contribution >= 0.6 is 0 Å². The smallest absolute Gasteiger partial charge is 0.335 e. The molecule has 0 heterocycles. The first kappa shape index (κ1) is 21.5. The number of alkyl halides is 2. The van der Waals surface area contributed by atoms with Crippen molar-refractivity contribution in [3.05, 3.63) is 102 Å². The number of benzene rings is 3. The zero-order chi connectivity index (χ0) is 21.4. The van der Waals surface area contributed by atoms with E-state index in [1.54, 1.807) is 4.90 Å². The van der Waals surface area contributed by atoms with Gasteiger partial charge in [0.1, 0.15) is 5.75 Å². The number of hydrogen-bond acceptors (Lipinski definition) is 3. The summed E-state index contributed by atoms with van der Waals surface area (Å²) in [6, 6.07) is 24.4. The Morgan fingerprint density at radius 2 is 1.33 bits per heavy atom. The minimum atomic E-state index is -3.09. The van der Waals surface area contributed by atoms with Gasteiger partial charge in [0.2, 0.25) is 0 Å². The van der Waals surface area contributed by atoms with Gasteiger partial charge in [0.15, 0.2) is 6.61 Å². The number of rotatable bonds is 10. The highest BCUT2D eigenvalue weighted by atomic mass is 19.3. The highest BCUT2D eigenvalue weighted by Gasteiger charge is 2.33. The number of hydrogen-bond donors (Lipinski definition) is 1. The predicted molar refractivity (Wildman–Crippen MR) is 111 cm³/mol. The van der Waals surface area contributed by atoms with Crippen molar-refractivity contribution in [1.29, 1.82) is 0 Å². The van der Waals surface area contributed by atoms with Gasteiger partial charge < -0.3 is 9.84 Å². The Bertz CT molecular complexity index is 890. The van der Waals surface area contributed by atoms with Crippen LogP contribution < -0.4 is 4.74 Å². The molecule has 1 N–H and O–H groups in total. The van der Waals surface area contributed by atoms with Crippen LogP contribution in [0.15, 0.2) is 84.9 Å². The molecule has 4 nitrogen and oxygen atoms in total. The van der Waals surface area contributed by atoms with Gasteiger partial charge in [0, 0.05) is 13.1 Å². The number of nitrogens with zero attached hydrogens (tertiary/aromatic N) is 1. The topological polar surface area (TPSA) is 49.8 Å². The number of carboxylic acids is 1. The van der Waals surface area contributed by atoms with Gasteiger partial charge in [-0.2, -0.15) is 0 Å². The Balaban J connectivity index is 1.65. The average Bonchev–Trinajstić information content (AvgIpc) is 2.74. The third-order valence-corrected chi connectivity index (χ3v) is 4.50. The molecule has 0 spiro atoms. The predicted octanol–water partition coefficient (Wildman–Crippen LogP) is 5.10. The van der Waals surface area contributed by atoms with Crippen LogP contribution in [-0.4, -0.2) is 35.0 Å². The van der Waals surface area contributed by atoms with Crippen LogP contribution in [0.25, 0.3) is 0 Å². The minimum absolute atomic E-state index is 0.0750. The van der Waals surface area contributed by atoms with E-state index in [0.29, 0.717) is 13.1 Å². The summed E-state index contributed by atoms with van der Waals surface area (Å²) in [5.74, 6) is -3.96. The summed E-state index contributed by atoms with van der Waals surface area (Å²) in [6.07, 6.45) is 0. The van der Waals surface area contributed by atoms with Crippen molar-refractivity contribution >= 4 is 5.97 Å². The monoisotopic (exact) mass is 411 g/mol. The van der Waals surface area contributed by atoms with Crippen LogP contribution in [0, 0.1) is 0 Å². The Morgan fingerprint density at radius 1 is 0.833 bits per heavy atom. The highest BCUT2D eigenvalue weighted by molar-refractivity contribution is 5.87. The van der Waals surface area contributed by atoms with Crippen molar-refractivity contribution in [3.8, 4) is 5.75 Å². The molecule has 0 amide bonds. The van der Waals surface area contributed by atoms with E-state index in [-0.39, 0.29) is 11.3 Å². The molecule has 0 atom stereocenters. The summed E-state index contributed by atoms with van der Waals surface area (Å²) < 4.78 is 34.7. The molecular weight excluding hydrogens is 388 g/mol. The summed E-state index contributed by atoms with van der Waals surface area (Å²) in [7, 11) is 0. The number of carboxylic acid groups (broad SMARTS) is 1. The Labute approximate surface area is 174 Å². The van der Waals surface area contributed by atoms with Crippen molar-refractivity contribution in [2.45, 2.75) is 19.0 Å². The van der Waals surface area contributed by atoms with Crippen LogP contribution in [-0.2, 0) is 13.1 Å². The first-order valence-electron chi connectivity index (χ1n) is 9.55. The molecule has 0 aliphatic carbocycles. The molecular formula is C24H23F2NO3. The number of carbonyl (C=O) groups is 1. The summed E-state index contributed by atoms with van der Waals surface area (Å²) in [5.41, 5.74) is 1.98. The van der Waals surface area contributed by atoms with Gasteiger partial charge in [0.25, 0.3) is 5.92 Å². The zero-order valence-electron chi connectivity index (χ0n) is 16.4. The van der Waals surface area contributed by atoms with Gasteiger partial charge in [-0.3, -0.25) is 4.90 Å². The molecule has 3 rings (SSSR count). The van der Waals surface area contributed by atoms with E-state index in [4.69, 9.17) is 9.84 Å². The van der Waals surface area contributed by atoms with E-state index >= 15 is 0 Å². The van der Waals surface area contributed by atoms with E-state index < -0.39 is 25.0 Å². The van der Waals surface area contributed by atoms with Crippen molar-refractivity contribution in [3.63, 3.8) is 0 Å². The van der Waals surface area contributed by atoms with Crippen LogP contribution in [0.5, 0.6) is 5.75 Å². The second-order valence-corrected chi connectivity index (χ2v) is 7.09. The number of ether oxygens (including phenoxy) is 1. The third kappa shape index (κ3) is 6.67. The Morgan fingerprint density at radius 3 is 1.80 bits per heavy atom. The molecule has 0 radical (unpaired) electrons. The molecule has 3 aromatic carbocycles. The SMILES string of the molecule is O=C(O)c1ccc(OCC(F)(F)CN(Cc2ccccc2)Cc2ccccc2)cc1. The second kappa shape index (κ2) is 9.98. The average molecular weight is 411 g/mol. The summed E-state index contributed by atoms with van der Waals surface area (Å²) in [6.45, 7) is -0.485. The van der Waals surface area contributed by atoms with Crippen molar-refractivity contribution in [1.82, 2.24) is 4.90 Å². The van der Waals surface area contributed by atoms with Gasteiger partial charge in [-0.05, 0) is 35.4 Å². The summed E-state index contributed by atoms with van der Waals surface area (Å²) in [4.78, 5) is 12.6. The number of halogens is 2. The molecule has 0 saturated heterocycles. The highest BCUT2D eigenvalue weighted by Crippen LogP contribution is 2.22. The van der Waals surface area contributed by atoms with Crippen LogP contribution in [0.2, 0.25) is 0 Å². The fourth-order valence-corrected chi connectivity index (χ4v) is 3.11. The first-order valence-corrected chi connectivity index (χ1v) is 9.55. The van der Waals surface area contributed by atoms with Crippen molar-refractivity contribution < 1.29 is 23.4 Å². The lowest BCUT2D eigenvalue weighted by atomic mass is 10.1. The van der Waals surface area contributed by atoms with Crippen LogP contribution in [0.3, 0.4) is 0 Å². The summed E-state index contributed by atoms with van der Waals surface area (Å²) >= 11 is 0. The van der Waals surface area contributed by atoms with E-state index in [0.717, 1.165) is 11.1 Å². The van der Waals surface area contributed by atoms with E-state index in [1.807, 2.05) is 60.7 Å². The third-order valence-electron chi connectivity index (χ3n) is 4.50. The molecule has 0 saturated carbocycles. The standard InChI is InChI=1S/C24H23F2NO3/c25-24(26,18-30-22-13-11-21(12-14-22)23(28)29)17-27(15-19-7-3-1-4-8-19)16-20-9-5-2-6-10-20/h1-14H,15-18H2,(H,28,29). The molecule has 0 aliphatic rings. The van der Waals surface area contributed by atoms with Gasteiger partial charge in [0.05, 0.1) is 12.1 Å². The lowest BCUT2D eigenvalue weighted by molar-refractivity contribution is -0.0685. The summed E-state index contributed by atoms with van der Waals surface area (Å²) in [5, 5.41) is 8.91. The fourth-order valence-electron chi connectivity index (χ4n) is 3.11. The molecule has 156 valence electrons. The maximum absolute atomic E-state index is 14.7. The normalized spacial score (nSPS) is 11.4. The molecule has 0 unspecified atom stereocenters. The lowest BCUT2D eigenvalue weighted by Crippen LogP contribution is -2.40. The van der Waals surface area contributed by atoms with Crippen LogP contribution in [0.1, 0.15) is 21.5 Å². The lowest BCUT2D eigenvalue weighted by Gasteiger charge is -2.27. The molecule has 6 heteroatoms. The van der Waals surface area contributed by atoms with Gasteiger partial charge in [-0.15, -0.1) is 0 Å². The maximum Gasteiger partial charge on any atom is 0.335 e. The molecule has 0 aliphatic heterocycles. The van der Waals surface area contributed by atoms with E-state index in [9.17, 15) is 13.6 Å².